The third-order valence-electron chi connectivity index (χ3n) is 4.97. The Labute approximate surface area is 175 Å². The number of nitrogens with zero attached hydrogens (tertiary/aromatic N) is 1. The van der Waals surface area contributed by atoms with Crippen molar-refractivity contribution in [2.75, 3.05) is 7.05 Å². The number of amides is 2. The van der Waals surface area contributed by atoms with Gasteiger partial charge in [-0.3, -0.25) is 9.59 Å². The second-order valence-electron chi connectivity index (χ2n) is 7.48. The van der Waals surface area contributed by atoms with Crippen LogP contribution in [-0.4, -0.2) is 29.8 Å². The van der Waals surface area contributed by atoms with Crippen molar-refractivity contribution < 1.29 is 18.7 Å². The third-order valence-corrected chi connectivity index (χ3v) is 4.97. The molecule has 2 aromatic carbocycles. The zero-order valence-electron chi connectivity index (χ0n) is 16.8. The molecule has 0 aliphatic heterocycles. The average Bonchev–Trinajstić information content (AvgIpc) is 3.46. The first kappa shape index (κ1) is 19.8. The van der Waals surface area contributed by atoms with E-state index in [1.807, 2.05) is 42.5 Å². The standard InChI is InChI=1S/C24H24N2O4/c1-26(15-17-7-9-18(10-8-17)23(27)25-20-11-12-20)24(28)22-19(13-14-29-22)16-30-21-5-3-2-4-6-21/h2-10,13-14,20H,11-12,15-16H2,1H3,(H,25,27). The molecule has 0 unspecified atom stereocenters. The molecule has 0 spiro atoms. The van der Waals surface area contributed by atoms with E-state index in [1.54, 1.807) is 30.1 Å². The fraction of sp³-hybridized carbons (Fsp3) is 0.250. The number of hydrogen-bond acceptors (Lipinski definition) is 4. The zero-order chi connectivity index (χ0) is 20.9. The topological polar surface area (TPSA) is 71.8 Å². The number of ether oxygens (including phenoxy) is 1. The highest BCUT2D eigenvalue weighted by atomic mass is 16.5. The van der Waals surface area contributed by atoms with Gasteiger partial charge in [0, 0.05) is 30.8 Å². The predicted molar refractivity (Wildman–Crippen MR) is 112 cm³/mol. The van der Waals surface area contributed by atoms with Crippen LogP contribution in [0, 0.1) is 0 Å². The highest BCUT2D eigenvalue weighted by Gasteiger charge is 2.24. The van der Waals surface area contributed by atoms with E-state index < -0.39 is 0 Å². The lowest BCUT2D eigenvalue weighted by molar-refractivity contribution is 0.0749. The molecule has 1 aromatic heterocycles. The Morgan fingerprint density at radius 2 is 1.80 bits per heavy atom. The van der Waals surface area contributed by atoms with E-state index in [1.165, 1.54) is 6.26 Å². The first-order chi connectivity index (χ1) is 14.6. The van der Waals surface area contributed by atoms with E-state index in [4.69, 9.17) is 9.15 Å². The number of para-hydroxylation sites is 1. The summed E-state index contributed by atoms with van der Waals surface area (Å²) in [6.07, 6.45) is 3.61. The van der Waals surface area contributed by atoms with Crippen molar-refractivity contribution in [1.82, 2.24) is 10.2 Å². The molecule has 0 atom stereocenters. The Kier molecular flexibility index (Phi) is 5.84. The molecule has 6 nitrogen and oxygen atoms in total. The minimum absolute atomic E-state index is 0.0490. The molecular formula is C24H24N2O4. The van der Waals surface area contributed by atoms with Gasteiger partial charge >= 0.3 is 0 Å². The highest BCUT2D eigenvalue weighted by Crippen LogP contribution is 2.20. The van der Waals surface area contributed by atoms with Gasteiger partial charge in [-0.15, -0.1) is 0 Å². The normalized spacial score (nSPS) is 13.0. The van der Waals surface area contributed by atoms with Gasteiger partial charge in [0.2, 0.25) is 0 Å². The smallest absolute Gasteiger partial charge is 0.290 e. The molecule has 4 rings (SSSR count). The minimum Gasteiger partial charge on any atom is -0.489 e. The molecule has 0 saturated heterocycles. The lowest BCUT2D eigenvalue weighted by atomic mass is 10.1. The van der Waals surface area contributed by atoms with Crippen LogP contribution >= 0.6 is 0 Å². The first-order valence-electron chi connectivity index (χ1n) is 9.99. The molecule has 0 bridgehead atoms. The van der Waals surface area contributed by atoms with Gasteiger partial charge in [-0.1, -0.05) is 30.3 Å². The molecular weight excluding hydrogens is 380 g/mol. The monoisotopic (exact) mass is 404 g/mol. The molecule has 30 heavy (non-hydrogen) atoms. The van der Waals surface area contributed by atoms with Crippen LogP contribution in [0.25, 0.3) is 0 Å². The largest absolute Gasteiger partial charge is 0.489 e. The molecule has 6 heteroatoms. The van der Waals surface area contributed by atoms with E-state index in [-0.39, 0.29) is 24.2 Å². The lowest BCUT2D eigenvalue weighted by Gasteiger charge is -2.17. The van der Waals surface area contributed by atoms with Gasteiger partial charge in [0.25, 0.3) is 11.8 Å². The molecule has 1 saturated carbocycles. The third kappa shape index (κ3) is 4.89. The van der Waals surface area contributed by atoms with Crippen molar-refractivity contribution in [2.24, 2.45) is 0 Å². The minimum atomic E-state index is -0.220. The maximum absolute atomic E-state index is 12.9. The number of carbonyl (C=O) groups excluding carboxylic acids is 2. The average molecular weight is 404 g/mol. The van der Waals surface area contributed by atoms with Crippen LogP contribution in [0.5, 0.6) is 5.75 Å². The summed E-state index contributed by atoms with van der Waals surface area (Å²) in [6.45, 7) is 0.656. The molecule has 2 amide bonds. The summed E-state index contributed by atoms with van der Waals surface area (Å²) in [4.78, 5) is 26.5. The Balaban J connectivity index is 1.35. The lowest BCUT2D eigenvalue weighted by Crippen LogP contribution is -2.27. The second kappa shape index (κ2) is 8.86. The number of furan rings is 1. The van der Waals surface area contributed by atoms with Crippen LogP contribution in [0.4, 0.5) is 0 Å². The summed E-state index contributed by atoms with van der Waals surface area (Å²) in [5, 5.41) is 2.97. The zero-order valence-corrected chi connectivity index (χ0v) is 16.8. The van der Waals surface area contributed by atoms with E-state index >= 15 is 0 Å². The SMILES string of the molecule is CN(Cc1ccc(C(=O)NC2CC2)cc1)C(=O)c1occc1COc1ccccc1. The van der Waals surface area contributed by atoms with Crippen molar-refractivity contribution in [1.29, 1.82) is 0 Å². The summed E-state index contributed by atoms with van der Waals surface area (Å²) in [7, 11) is 1.72. The van der Waals surface area contributed by atoms with Gasteiger partial charge in [0.05, 0.1) is 6.26 Å². The Morgan fingerprint density at radius 3 is 2.50 bits per heavy atom. The molecule has 154 valence electrons. The highest BCUT2D eigenvalue weighted by molar-refractivity contribution is 5.94. The first-order valence-corrected chi connectivity index (χ1v) is 9.99. The second-order valence-corrected chi connectivity index (χ2v) is 7.48. The molecule has 0 radical (unpaired) electrons. The van der Waals surface area contributed by atoms with Crippen molar-refractivity contribution in [2.45, 2.75) is 32.0 Å². The van der Waals surface area contributed by atoms with Crippen LogP contribution in [-0.2, 0) is 13.2 Å². The van der Waals surface area contributed by atoms with Crippen LogP contribution < -0.4 is 10.1 Å². The Hall–Kier alpha value is -3.54. The summed E-state index contributed by atoms with van der Waals surface area (Å²) < 4.78 is 11.2. The maximum atomic E-state index is 12.9. The summed E-state index contributed by atoms with van der Waals surface area (Å²) >= 11 is 0. The molecule has 1 heterocycles. The van der Waals surface area contributed by atoms with E-state index in [2.05, 4.69) is 5.32 Å². The van der Waals surface area contributed by atoms with Crippen LogP contribution in [0.2, 0.25) is 0 Å². The predicted octanol–water partition coefficient (Wildman–Crippen LogP) is 4.02. The van der Waals surface area contributed by atoms with Crippen LogP contribution in [0.3, 0.4) is 0 Å². The summed E-state index contributed by atoms with van der Waals surface area (Å²) in [6, 6.07) is 18.8. The van der Waals surface area contributed by atoms with Gasteiger partial charge in [0.15, 0.2) is 5.76 Å². The van der Waals surface area contributed by atoms with Gasteiger partial charge in [0.1, 0.15) is 12.4 Å². The number of hydrogen-bond donors (Lipinski definition) is 1. The fourth-order valence-electron chi connectivity index (χ4n) is 3.09. The van der Waals surface area contributed by atoms with Crippen molar-refractivity contribution in [3.8, 4) is 5.75 Å². The van der Waals surface area contributed by atoms with Gasteiger partial charge in [-0.05, 0) is 48.7 Å². The molecule has 1 N–H and O–H groups in total. The maximum Gasteiger partial charge on any atom is 0.290 e. The summed E-state index contributed by atoms with van der Waals surface area (Å²) in [5.74, 6) is 0.736. The van der Waals surface area contributed by atoms with Crippen molar-refractivity contribution in [3.63, 3.8) is 0 Å². The van der Waals surface area contributed by atoms with Gasteiger partial charge in [-0.25, -0.2) is 0 Å². The molecule has 3 aromatic rings. The van der Waals surface area contributed by atoms with Gasteiger partial charge in [-0.2, -0.15) is 0 Å². The number of benzene rings is 2. The Bertz CT molecular complexity index is 1010. The van der Waals surface area contributed by atoms with Gasteiger partial charge < -0.3 is 19.4 Å². The number of nitrogens with one attached hydrogen (secondary N) is 1. The van der Waals surface area contributed by atoms with Crippen LogP contribution in [0.1, 0.15) is 44.9 Å². The van der Waals surface area contributed by atoms with E-state index in [0.717, 1.165) is 24.2 Å². The molecule has 1 aliphatic carbocycles. The van der Waals surface area contributed by atoms with Crippen molar-refractivity contribution in [3.05, 3.63) is 89.4 Å². The summed E-state index contributed by atoms with van der Waals surface area (Å²) in [5.41, 5.74) is 2.26. The van der Waals surface area contributed by atoms with Crippen LogP contribution in [0.15, 0.2) is 71.3 Å². The fourth-order valence-corrected chi connectivity index (χ4v) is 3.09. The number of rotatable bonds is 8. The number of carbonyl (C=O) groups is 2. The van der Waals surface area contributed by atoms with E-state index in [9.17, 15) is 9.59 Å². The molecule has 1 aliphatic rings. The quantitative estimate of drug-likeness (QED) is 0.615. The van der Waals surface area contributed by atoms with E-state index in [0.29, 0.717) is 23.7 Å². The molecule has 1 fully saturated rings. The Morgan fingerprint density at radius 1 is 1.07 bits per heavy atom. The van der Waals surface area contributed by atoms with Crippen molar-refractivity contribution >= 4 is 11.8 Å².